The van der Waals surface area contributed by atoms with E-state index in [2.05, 4.69) is 20.8 Å². The van der Waals surface area contributed by atoms with Crippen molar-refractivity contribution in [2.75, 3.05) is 6.54 Å². The van der Waals surface area contributed by atoms with Gasteiger partial charge in [-0.05, 0) is 53.9 Å². The van der Waals surface area contributed by atoms with Crippen molar-refractivity contribution in [1.29, 1.82) is 0 Å². The molecule has 1 heterocycles. The molecule has 0 bridgehead atoms. The largest absolute Gasteiger partial charge is 0.479 e. The Bertz CT molecular complexity index is 1390. The monoisotopic (exact) mass is 497 g/mol. The SMILES string of the molecule is Cc1cc(C(=O)NN(Cc2ccc(-c3cc(Cl)ccc3F)cc2)C[C@@H](O)C(=O)O)cc2[nH]nnc12. The van der Waals surface area contributed by atoms with Gasteiger partial charge in [0.25, 0.3) is 5.91 Å². The predicted octanol–water partition coefficient (Wildman–Crippen LogP) is 3.32. The molecule has 0 unspecified atom stereocenters. The standard InChI is InChI=1S/C24H21ClFN5O4/c1-13-8-16(9-20-22(13)28-30-27-20)23(33)29-31(12-21(32)24(34)35)11-14-2-4-15(5-3-14)18-10-17(25)6-7-19(18)26/h2-10,21,32H,11-12H2,1H3,(H,29,33)(H,34,35)(H,27,28,30)/t21-/m1/s1. The number of fused-ring (bicyclic) bond motifs is 1. The molecule has 0 aliphatic rings. The molecule has 0 aliphatic carbocycles. The highest BCUT2D eigenvalue weighted by Crippen LogP contribution is 2.26. The maximum Gasteiger partial charge on any atom is 0.333 e. The number of nitrogens with one attached hydrogen (secondary N) is 2. The average Bonchev–Trinajstić information content (AvgIpc) is 3.30. The number of aliphatic hydroxyl groups excluding tert-OH is 1. The summed E-state index contributed by atoms with van der Waals surface area (Å²) < 4.78 is 14.2. The van der Waals surface area contributed by atoms with Crippen molar-refractivity contribution < 1.29 is 24.2 Å². The van der Waals surface area contributed by atoms with Gasteiger partial charge in [-0.15, -0.1) is 5.10 Å². The number of hydrazine groups is 1. The number of hydrogen-bond donors (Lipinski definition) is 4. The Labute approximate surface area is 204 Å². The quantitative estimate of drug-likeness (QED) is 0.275. The lowest BCUT2D eigenvalue weighted by atomic mass is 10.0. The second-order valence-corrected chi connectivity index (χ2v) is 8.43. The van der Waals surface area contributed by atoms with Gasteiger partial charge in [-0.25, -0.2) is 14.2 Å². The third-order valence-electron chi connectivity index (χ3n) is 5.39. The van der Waals surface area contributed by atoms with Crippen LogP contribution < -0.4 is 5.43 Å². The molecule has 1 amide bonds. The van der Waals surface area contributed by atoms with Crippen LogP contribution in [0, 0.1) is 12.7 Å². The second kappa shape index (κ2) is 10.2. The van der Waals surface area contributed by atoms with E-state index in [0.29, 0.717) is 38.3 Å². The van der Waals surface area contributed by atoms with Gasteiger partial charge in [0.05, 0.1) is 12.1 Å². The molecular formula is C24H21ClFN5O4. The zero-order valence-electron chi connectivity index (χ0n) is 18.5. The summed E-state index contributed by atoms with van der Waals surface area (Å²) in [6, 6.07) is 14.3. The van der Waals surface area contributed by atoms with Crippen molar-refractivity contribution in [3.05, 3.63) is 82.1 Å². The fourth-order valence-corrected chi connectivity index (χ4v) is 3.80. The number of nitrogens with zero attached hydrogens (tertiary/aromatic N) is 3. The maximum atomic E-state index is 14.2. The molecule has 1 atom stereocenters. The first-order valence-corrected chi connectivity index (χ1v) is 10.9. The summed E-state index contributed by atoms with van der Waals surface area (Å²) in [6.45, 7) is 1.51. The lowest BCUT2D eigenvalue weighted by Gasteiger charge is -2.24. The Morgan fingerprint density at radius 1 is 1.17 bits per heavy atom. The zero-order chi connectivity index (χ0) is 25.1. The van der Waals surface area contributed by atoms with Crippen LogP contribution in [0.25, 0.3) is 22.2 Å². The highest BCUT2D eigenvalue weighted by atomic mass is 35.5. The summed E-state index contributed by atoms with van der Waals surface area (Å²) in [5.74, 6) is -2.34. The first kappa shape index (κ1) is 24.3. The van der Waals surface area contributed by atoms with E-state index in [9.17, 15) is 19.1 Å². The number of aliphatic hydroxyl groups is 1. The fraction of sp³-hybridized carbons (Fsp3) is 0.167. The molecule has 9 nitrogen and oxygen atoms in total. The van der Waals surface area contributed by atoms with Gasteiger partial charge in [0.15, 0.2) is 6.10 Å². The van der Waals surface area contributed by atoms with E-state index in [1.54, 1.807) is 43.3 Å². The highest BCUT2D eigenvalue weighted by Gasteiger charge is 2.21. The first-order chi connectivity index (χ1) is 16.7. The van der Waals surface area contributed by atoms with Crippen molar-refractivity contribution >= 4 is 34.5 Å². The minimum Gasteiger partial charge on any atom is -0.479 e. The number of carbonyl (C=O) groups is 2. The van der Waals surface area contributed by atoms with Gasteiger partial charge in [0, 0.05) is 22.7 Å². The summed E-state index contributed by atoms with van der Waals surface area (Å²) in [4.78, 5) is 24.1. The van der Waals surface area contributed by atoms with Crippen LogP contribution in [-0.2, 0) is 11.3 Å². The van der Waals surface area contributed by atoms with Crippen LogP contribution in [-0.4, -0.2) is 55.2 Å². The number of hydrogen-bond acceptors (Lipinski definition) is 6. The van der Waals surface area contributed by atoms with Gasteiger partial charge < -0.3 is 10.2 Å². The molecule has 0 fully saturated rings. The number of aliphatic carboxylic acids is 1. The molecule has 0 saturated carbocycles. The van der Waals surface area contributed by atoms with Gasteiger partial charge in [-0.3, -0.25) is 15.3 Å². The third-order valence-corrected chi connectivity index (χ3v) is 5.62. The van der Waals surface area contributed by atoms with E-state index in [1.165, 1.54) is 23.2 Å². The molecule has 4 N–H and O–H groups in total. The number of aromatic nitrogens is 3. The number of carbonyl (C=O) groups excluding carboxylic acids is 1. The van der Waals surface area contributed by atoms with Crippen LogP contribution in [0.15, 0.2) is 54.6 Å². The van der Waals surface area contributed by atoms with Crippen LogP contribution in [0.1, 0.15) is 21.5 Å². The Morgan fingerprint density at radius 2 is 1.91 bits per heavy atom. The van der Waals surface area contributed by atoms with E-state index in [4.69, 9.17) is 16.7 Å². The van der Waals surface area contributed by atoms with Crippen molar-refractivity contribution in [3.8, 4) is 11.1 Å². The molecule has 0 saturated heterocycles. The van der Waals surface area contributed by atoms with Crippen LogP contribution in [0.3, 0.4) is 0 Å². The number of H-pyrrole nitrogens is 1. The molecule has 0 radical (unpaired) electrons. The van der Waals surface area contributed by atoms with Gasteiger partial charge in [-0.1, -0.05) is 41.1 Å². The number of aryl methyl sites for hydroxylation is 1. The third kappa shape index (κ3) is 5.62. The van der Waals surface area contributed by atoms with Crippen molar-refractivity contribution in [2.24, 2.45) is 0 Å². The fourth-order valence-electron chi connectivity index (χ4n) is 3.63. The summed E-state index contributed by atoms with van der Waals surface area (Å²) in [5, 5.41) is 31.1. The van der Waals surface area contributed by atoms with Crippen LogP contribution >= 0.6 is 11.6 Å². The average molecular weight is 498 g/mol. The highest BCUT2D eigenvalue weighted by molar-refractivity contribution is 6.30. The molecule has 0 spiro atoms. The van der Waals surface area contributed by atoms with Gasteiger partial charge >= 0.3 is 5.97 Å². The first-order valence-electron chi connectivity index (χ1n) is 10.5. The van der Waals surface area contributed by atoms with E-state index in [1.807, 2.05) is 0 Å². The predicted molar refractivity (Wildman–Crippen MR) is 127 cm³/mol. The van der Waals surface area contributed by atoms with Gasteiger partial charge in [-0.2, -0.15) is 0 Å². The number of carboxylic acid groups (broad SMARTS) is 1. The lowest BCUT2D eigenvalue weighted by molar-refractivity contribution is -0.148. The Balaban J connectivity index is 1.54. The molecular weight excluding hydrogens is 477 g/mol. The summed E-state index contributed by atoms with van der Waals surface area (Å²) in [5.41, 5.74) is 6.55. The van der Waals surface area contributed by atoms with Crippen LogP contribution in [0.2, 0.25) is 5.02 Å². The van der Waals surface area contributed by atoms with E-state index < -0.39 is 23.8 Å². The molecule has 4 rings (SSSR count). The van der Waals surface area contributed by atoms with Crippen molar-refractivity contribution in [1.82, 2.24) is 25.8 Å². The Morgan fingerprint density at radius 3 is 2.63 bits per heavy atom. The smallest absolute Gasteiger partial charge is 0.333 e. The molecule has 11 heteroatoms. The number of carboxylic acids is 1. The minimum absolute atomic E-state index is 0.0846. The summed E-state index contributed by atoms with van der Waals surface area (Å²) in [6.07, 6.45) is -1.73. The van der Waals surface area contributed by atoms with E-state index in [0.717, 1.165) is 5.56 Å². The van der Waals surface area contributed by atoms with Crippen molar-refractivity contribution in [3.63, 3.8) is 0 Å². The van der Waals surface area contributed by atoms with Crippen LogP contribution in [0.5, 0.6) is 0 Å². The molecule has 3 aromatic carbocycles. The number of aromatic amines is 1. The van der Waals surface area contributed by atoms with Gasteiger partial charge in [0.2, 0.25) is 0 Å². The number of halogens is 2. The van der Waals surface area contributed by atoms with Crippen molar-refractivity contribution in [2.45, 2.75) is 19.6 Å². The normalized spacial score (nSPS) is 12.1. The second-order valence-electron chi connectivity index (χ2n) is 8.00. The molecule has 35 heavy (non-hydrogen) atoms. The lowest BCUT2D eigenvalue weighted by Crippen LogP contribution is -2.47. The number of benzene rings is 3. The Hall–Kier alpha value is -3.86. The molecule has 4 aromatic rings. The molecule has 0 aliphatic heterocycles. The molecule has 180 valence electrons. The molecule has 1 aromatic heterocycles. The number of amides is 1. The van der Waals surface area contributed by atoms with E-state index >= 15 is 0 Å². The van der Waals surface area contributed by atoms with Crippen LogP contribution in [0.4, 0.5) is 4.39 Å². The zero-order valence-corrected chi connectivity index (χ0v) is 19.3. The number of rotatable bonds is 8. The topological polar surface area (TPSA) is 131 Å². The van der Waals surface area contributed by atoms with E-state index in [-0.39, 0.29) is 13.1 Å². The summed E-state index contributed by atoms with van der Waals surface area (Å²) in [7, 11) is 0. The summed E-state index contributed by atoms with van der Waals surface area (Å²) >= 11 is 5.98. The Kier molecular flexibility index (Phi) is 7.06. The minimum atomic E-state index is -1.73. The van der Waals surface area contributed by atoms with Gasteiger partial charge in [0.1, 0.15) is 11.3 Å². The maximum absolute atomic E-state index is 14.2.